The molecule has 0 radical (unpaired) electrons. The van der Waals surface area contributed by atoms with Gasteiger partial charge in [-0.25, -0.2) is 4.98 Å². The number of hydrogen-bond acceptors (Lipinski definition) is 4. The van der Waals surface area contributed by atoms with E-state index in [9.17, 15) is 0 Å². The van der Waals surface area contributed by atoms with Crippen LogP contribution in [0.4, 0.5) is 0 Å². The van der Waals surface area contributed by atoms with Crippen LogP contribution >= 0.6 is 0 Å². The van der Waals surface area contributed by atoms with Gasteiger partial charge in [0.05, 0.1) is 11.2 Å². The highest BCUT2D eigenvalue weighted by Gasteiger charge is 2.51. The average molecular weight is 286 g/mol. The van der Waals surface area contributed by atoms with E-state index in [0.717, 1.165) is 24.1 Å². The quantitative estimate of drug-likeness (QED) is 0.517. The standard InChI is InChI=1S/C16H23BN2O2/c1-15(2)16(3,4)21-17(20-15)13-9-10-14(19-12-13)8-6-7-11-18-5/h9-10,12,18H,7,11H2,1-5H3. The molecule has 21 heavy (non-hydrogen) atoms. The Kier molecular flexibility index (Phi) is 4.72. The van der Waals surface area contributed by atoms with E-state index in [0.29, 0.717) is 0 Å². The second-order valence-corrected chi connectivity index (χ2v) is 6.22. The van der Waals surface area contributed by atoms with Crippen molar-refractivity contribution in [1.82, 2.24) is 10.3 Å². The Morgan fingerprint density at radius 3 is 2.38 bits per heavy atom. The van der Waals surface area contributed by atoms with Gasteiger partial charge in [0.25, 0.3) is 0 Å². The van der Waals surface area contributed by atoms with Crippen LogP contribution in [0, 0.1) is 11.8 Å². The van der Waals surface area contributed by atoms with Crippen LogP contribution in [-0.2, 0) is 9.31 Å². The minimum absolute atomic E-state index is 0.330. The molecule has 1 N–H and O–H groups in total. The number of nitrogens with one attached hydrogen (secondary N) is 1. The Bertz CT molecular complexity index is 528. The predicted octanol–water partition coefficient (Wildman–Crippen LogP) is 1.34. The maximum absolute atomic E-state index is 6.00. The lowest BCUT2D eigenvalue weighted by Crippen LogP contribution is -2.41. The van der Waals surface area contributed by atoms with Crippen molar-refractivity contribution < 1.29 is 9.31 Å². The van der Waals surface area contributed by atoms with Crippen molar-refractivity contribution >= 4 is 12.6 Å². The van der Waals surface area contributed by atoms with E-state index in [4.69, 9.17) is 9.31 Å². The number of rotatable bonds is 3. The van der Waals surface area contributed by atoms with Gasteiger partial charge in [0.15, 0.2) is 0 Å². The molecule has 1 aliphatic heterocycles. The van der Waals surface area contributed by atoms with Gasteiger partial charge in [-0.05, 0) is 46.7 Å². The van der Waals surface area contributed by atoms with E-state index in [-0.39, 0.29) is 18.3 Å². The van der Waals surface area contributed by atoms with Crippen LogP contribution < -0.4 is 10.8 Å². The molecule has 2 rings (SSSR count). The summed E-state index contributed by atoms with van der Waals surface area (Å²) in [7, 11) is 1.55. The largest absolute Gasteiger partial charge is 0.496 e. The molecule has 112 valence electrons. The Labute approximate surface area is 127 Å². The number of pyridine rings is 1. The SMILES string of the molecule is CNCCC#Cc1ccc(B2OC(C)(C)C(C)(C)O2)cn1. The zero-order valence-corrected chi connectivity index (χ0v) is 13.5. The van der Waals surface area contributed by atoms with Crippen LogP contribution in [0.25, 0.3) is 0 Å². The summed E-state index contributed by atoms with van der Waals surface area (Å²) in [6, 6.07) is 3.88. The third-order valence-corrected chi connectivity index (χ3v) is 4.03. The van der Waals surface area contributed by atoms with E-state index < -0.39 is 0 Å². The fourth-order valence-electron chi connectivity index (χ4n) is 1.94. The van der Waals surface area contributed by atoms with Crippen molar-refractivity contribution in [2.24, 2.45) is 0 Å². The third kappa shape index (κ3) is 3.65. The summed E-state index contributed by atoms with van der Waals surface area (Å²) >= 11 is 0. The first kappa shape index (κ1) is 16.0. The Balaban J connectivity index is 2.05. The normalized spacial score (nSPS) is 19.2. The second-order valence-electron chi connectivity index (χ2n) is 6.22. The summed E-state index contributed by atoms with van der Waals surface area (Å²) in [4.78, 5) is 4.36. The van der Waals surface area contributed by atoms with Crippen LogP contribution in [0.3, 0.4) is 0 Å². The molecule has 1 aliphatic rings. The molecule has 1 saturated heterocycles. The topological polar surface area (TPSA) is 43.4 Å². The van der Waals surface area contributed by atoms with Gasteiger partial charge in [0, 0.05) is 24.6 Å². The molecule has 4 nitrogen and oxygen atoms in total. The molecule has 0 saturated carbocycles. The van der Waals surface area contributed by atoms with Crippen LogP contribution in [0.15, 0.2) is 18.3 Å². The van der Waals surface area contributed by atoms with Crippen molar-refractivity contribution in [2.45, 2.75) is 45.3 Å². The van der Waals surface area contributed by atoms with Gasteiger partial charge in [-0.1, -0.05) is 12.0 Å². The maximum Gasteiger partial charge on any atom is 0.496 e. The fourth-order valence-corrected chi connectivity index (χ4v) is 1.94. The van der Waals surface area contributed by atoms with Crippen molar-refractivity contribution in [3.05, 3.63) is 24.0 Å². The second kappa shape index (κ2) is 6.19. The van der Waals surface area contributed by atoms with Crippen molar-refractivity contribution in [3.8, 4) is 11.8 Å². The molecule has 0 aliphatic carbocycles. The van der Waals surface area contributed by atoms with Gasteiger partial charge in [0.1, 0.15) is 5.69 Å². The van der Waals surface area contributed by atoms with Crippen LogP contribution in [-0.4, -0.2) is 36.9 Å². The van der Waals surface area contributed by atoms with E-state index >= 15 is 0 Å². The molecule has 0 atom stereocenters. The number of aromatic nitrogens is 1. The van der Waals surface area contributed by atoms with Gasteiger partial charge in [0.2, 0.25) is 0 Å². The van der Waals surface area contributed by atoms with Gasteiger partial charge < -0.3 is 14.6 Å². The van der Waals surface area contributed by atoms with Crippen molar-refractivity contribution in [3.63, 3.8) is 0 Å². The smallest absolute Gasteiger partial charge is 0.399 e. The Morgan fingerprint density at radius 1 is 1.19 bits per heavy atom. The highest BCUT2D eigenvalue weighted by atomic mass is 16.7. The zero-order chi connectivity index (χ0) is 15.5. The molecule has 0 aromatic carbocycles. The molecule has 0 spiro atoms. The molecule has 1 aromatic rings. The lowest BCUT2D eigenvalue weighted by atomic mass is 9.80. The predicted molar refractivity (Wildman–Crippen MR) is 85.4 cm³/mol. The van der Waals surface area contributed by atoms with Crippen LogP contribution in [0.2, 0.25) is 0 Å². The zero-order valence-electron chi connectivity index (χ0n) is 13.5. The first-order chi connectivity index (χ1) is 9.86. The number of nitrogens with zero attached hydrogens (tertiary/aromatic N) is 1. The Morgan fingerprint density at radius 2 is 1.86 bits per heavy atom. The van der Waals surface area contributed by atoms with E-state index in [1.807, 2.05) is 46.9 Å². The first-order valence-electron chi connectivity index (χ1n) is 7.31. The Hall–Kier alpha value is -1.35. The summed E-state index contributed by atoms with van der Waals surface area (Å²) in [5.41, 5.74) is 1.04. The monoisotopic (exact) mass is 286 g/mol. The fraction of sp³-hybridized carbons (Fsp3) is 0.562. The summed E-state index contributed by atoms with van der Waals surface area (Å²) in [5.74, 6) is 6.13. The van der Waals surface area contributed by atoms with Gasteiger partial charge in [-0.2, -0.15) is 0 Å². The molecular weight excluding hydrogens is 263 g/mol. The van der Waals surface area contributed by atoms with Crippen molar-refractivity contribution in [1.29, 1.82) is 0 Å². The van der Waals surface area contributed by atoms with Crippen LogP contribution in [0.5, 0.6) is 0 Å². The van der Waals surface area contributed by atoms with Crippen molar-refractivity contribution in [2.75, 3.05) is 13.6 Å². The lowest BCUT2D eigenvalue weighted by Gasteiger charge is -2.32. The summed E-state index contributed by atoms with van der Waals surface area (Å²) in [6.45, 7) is 9.06. The molecular formula is C16H23BN2O2. The molecule has 1 aromatic heterocycles. The maximum atomic E-state index is 6.00. The first-order valence-corrected chi connectivity index (χ1v) is 7.31. The summed E-state index contributed by atoms with van der Waals surface area (Å²) < 4.78 is 12.0. The molecule has 1 fully saturated rings. The van der Waals surface area contributed by atoms with E-state index in [2.05, 4.69) is 22.1 Å². The molecule has 2 heterocycles. The molecule has 0 bridgehead atoms. The third-order valence-electron chi connectivity index (χ3n) is 4.03. The van der Waals surface area contributed by atoms with Gasteiger partial charge >= 0.3 is 7.12 Å². The van der Waals surface area contributed by atoms with E-state index in [1.165, 1.54) is 0 Å². The lowest BCUT2D eigenvalue weighted by molar-refractivity contribution is 0.00578. The molecule has 0 unspecified atom stereocenters. The number of hydrogen-bond donors (Lipinski definition) is 1. The van der Waals surface area contributed by atoms with Gasteiger partial charge in [-0.15, -0.1) is 0 Å². The summed E-state index contributed by atoms with van der Waals surface area (Å²) in [5, 5.41) is 3.06. The van der Waals surface area contributed by atoms with Gasteiger partial charge in [-0.3, -0.25) is 0 Å². The highest BCUT2D eigenvalue weighted by molar-refractivity contribution is 6.62. The molecule has 5 heteroatoms. The van der Waals surface area contributed by atoms with Crippen LogP contribution in [0.1, 0.15) is 39.8 Å². The average Bonchev–Trinajstić information content (AvgIpc) is 2.64. The van der Waals surface area contributed by atoms with E-state index in [1.54, 1.807) is 6.20 Å². The minimum atomic E-state index is -0.367. The highest BCUT2D eigenvalue weighted by Crippen LogP contribution is 2.36. The minimum Gasteiger partial charge on any atom is -0.399 e. The summed E-state index contributed by atoms with van der Waals surface area (Å²) in [6.07, 6.45) is 2.60. The molecule has 0 amide bonds.